The first kappa shape index (κ1) is 20.8. The number of hydrogen-bond acceptors (Lipinski definition) is 3. The van der Waals surface area contributed by atoms with E-state index in [0.29, 0.717) is 16.3 Å². The average molecular weight is 428 g/mol. The van der Waals surface area contributed by atoms with Crippen molar-refractivity contribution in [1.82, 2.24) is 10.4 Å². The number of carbonyl (C=O) groups is 1. The van der Waals surface area contributed by atoms with E-state index in [1.165, 1.54) is 0 Å². The summed E-state index contributed by atoms with van der Waals surface area (Å²) in [4.78, 5) is 17.9. The molecule has 154 valence electrons. The van der Waals surface area contributed by atoms with Crippen molar-refractivity contribution in [2.24, 2.45) is 5.10 Å². The molecule has 4 rings (SSSR count). The van der Waals surface area contributed by atoms with E-state index in [1.807, 2.05) is 78.9 Å². The lowest BCUT2D eigenvalue weighted by Crippen LogP contribution is -2.20. The summed E-state index contributed by atoms with van der Waals surface area (Å²) < 4.78 is 0. The maximum Gasteiger partial charge on any atom is 0.272 e. The summed E-state index contributed by atoms with van der Waals surface area (Å²) in [6.07, 6.45) is 1.71. The summed E-state index contributed by atoms with van der Waals surface area (Å²) in [5.41, 5.74) is 7.51. The molecule has 0 saturated heterocycles. The molecule has 31 heavy (non-hydrogen) atoms. The number of para-hydroxylation sites is 1. The lowest BCUT2D eigenvalue weighted by molar-refractivity contribution is 0.0956. The number of rotatable bonds is 6. The third-order valence-electron chi connectivity index (χ3n) is 4.99. The van der Waals surface area contributed by atoms with Gasteiger partial charge in [-0.3, -0.25) is 4.79 Å². The van der Waals surface area contributed by atoms with E-state index in [2.05, 4.69) is 17.5 Å². The highest BCUT2D eigenvalue weighted by Crippen LogP contribution is 2.26. The van der Waals surface area contributed by atoms with Crippen molar-refractivity contribution in [3.63, 3.8) is 0 Å². The number of hydrogen-bond donors (Lipinski definition) is 1. The van der Waals surface area contributed by atoms with Crippen LogP contribution < -0.4 is 5.43 Å². The maximum absolute atomic E-state index is 13.2. The van der Waals surface area contributed by atoms with E-state index in [4.69, 9.17) is 16.6 Å². The Labute approximate surface area is 186 Å². The van der Waals surface area contributed by atoms with Crippen LogP contribution in [-0.2, 0) is 0 Å². The normalized spacial score (nSPS) is 11.5. The van der Waals surface area contributed by atoms with Gasteiger partial charge in [0.1, 0.15) is 0 Å². The van der Waals surface area contributed by atoms with Crippen molar-refractivity contribution in [1.29, 1.82) is 0 Å². The van der Waals surface area contributed by atoms with Crippen LogP contribution in [0.1, 0.15) is 35.7 Å². The Morgan fingerprint density at radius 1 is 0.968 bits per heavy atom. The Morgan fingerprint density at radius 2 is 1.68 bits per heavy atom. The number of nitrogens with one attached hydrogen (secondary N) is 1. The lowest BCUT2D eigenvalue weighted by Gasteiger charge is -2.10. The molecule has 1 aromatic heterocycles. The minimum Gasteiger partial charge on any atom is -0.267 e. The number of pyridine rings is 1. The first-order valence-electron chi connectivity index (χ1n) is 10.2. The highest BCUT2D eigenvalue weighted by Gasteiger charge is 2.14. The fourth-order valence-electron chi connectivity index (χ4n) is 3.44. The van der Waals surface area contributed by atoms with Gasteiger partial charge in [-0.15, -0.1) is 0 Å². The number of nitrogens with zero attached hydrogens (tertiary/aromatic N) is 2. The Kier molecular flexibility index (Phi) is 6.39. The van der Waals surface area contributed by atoms with Crippen LogP contribution in [0.15, 0.2) is 90.0 Å². The molecular formula is C26H22ClN3O. The molecule has 0 atom stereocenters. The molecule has 1 N–H and O–H groups in total. The zero-order valence-corrected chi connectivity index (χ0v) is 17.9. The van der Waals surface area contributed by atoms with Gasteiger partial charge < -0.3 is 0 Å². The van der Waals surface area contributed by atoms with E-state index >= 15 is 0 Å². The van der Waals surface area contributed by atoms with Crippen LogP contribution in [0.4, 0.5) is 0 Å². The van der Waals surface area contributed by atoms with Crippen LogP contribution >= 0.6 is 11.6 Å². The molecule has 3 aromatic carbocycles. The van der Waals surface area contributed by atoms with Crippen molar-refractivity contribution in [2.45, 2.75) is 19.8 Å². The molecule has 4 aromatic rings. The first-order valence-corrected chi connectivity index (χ1v) is 10.6. The van der Waals surface area contributed by atoms with Gasteiger partial charge >= 0.3 is 0 Å². The van der Waals surface area contributed by atoms with E-state index in [1.54, 1.807) is 6.07 Å². The third-order valence-corrected chi connectivity index (χ3v) is 5.24. The zero-order valence-electron chi connectivity index (χ0n) is 17.2. The highest BCUT2D eigenvalue weighted by atomic mass is 35.5. The minimum absolute atomic E-state index is 0.265. The summed E-state index contributed by atoms with van der Waals surface area (Å²) in [5, 5.41) is 5.90. The maximum atomic E-state index is 13.2. The number of carbonyl (C=O) groups excluding carboxylic acids is 1. The number of hydrazone groups is 1. The molecule has 5 heteroatoms. The summed E-state index contributed by atoms with van der Waals surface area (Å²) in [7, 11) is 0. The smallest absolute Gasteiger partial charge is 0.267 e. The predicted octanol–water partition coefficient (Wildman–Crippen LogP) is 6.49. The van der Waals surface area contributed by atoms with Crippen molar-refractivity contribution in [2.75, 3.05) is 0 Å². The highest BCUT2D eigenvalue weighted by molar-refractivity contribution is 6.30. The summed E-state index contributed by atoms with van der Waals surface area (Å²) in [5.74, 6) is -0.265. The average Bonchev–Trinajstić information content (AvgIpc) is 2.82. The summed E-state index contributed by atoms with van der Waals surface area (Å²) in [6.45, 7) is 2.09. The number of benzene rings is 3. The predicted molar refractivity (Wildman–Crippen MR) is 128 cm³/mol. The number of halogens is 1. The Morgan fingerprint density at radius 3 is 2.42 bits per heavy atom. The molecule has 0 radical (unpaired) electrons. The molecule has 0 saturated carbocycles. The van der Waals surface area contributed by atoms with Gasteiger partial charge in [0.2, 0.25) is 0 Å². The topological polar surface area (TPSA) is 54.4 Å². The van der Waals surface area contributed by atoms with Crippen LogP contribution in [0, 0.1) is 0 Å². The van der Waals surface area contributed by atoms with Gasteiger partial charge in [0.15, 0.2) is 0 Å². The second-order valence-corrected chi connectivity index (χ2v) is 7.63. The lowest BCUT2D eigenvalue weighted by atomic mass is 10.0. The van der Waals surface area contributed by atoms with Gasteiger partial charge in [0, 0.05) is 16.0 Å². The molecule has 1 heterocycles. The largest absolute Gasteiger partial charge is 0.272 e. The standard InChI is InChI=1S/C26H22ClN3O/c1-2-8-23(18-9-4-3-5-10-18)29-30-26(31)22-17-25(19-13-15-20(27)16-14-19)28-24-12-7-6-11-21(22)24/h3-7,9-17H,2,8H2,1H3,(H,30,31)/b29-23+. The number of fused-ring (bicyclic) bond motifs is 1. The fraction of sp³-hybridized carbons (Fsp3) is 0.115. The van der Waals surface area contributed by atoms with Crippen LogP contribution in [0.25, 0.3) is 22.2 Å². The zero-order chi connectivity index (χ0) is 21.6. The third kappa shape index (κ3) is 4.81. The van der Waals surface area contributed by atoms with Gasteiger partial charge in [-0.2, -0.15) is 5.10 Å². The Balaban J connectivity index is 1.72. The van der Waals surface area contributed by atoms with Gasteiger partial charge in [0.25, 0.3) is 5.91 Å². The molecule has 0 aliphatic carbocycles. The van der Waals surface area contributed by atoms with Crippen molar-refractivity contribution in [3.8, 4) is 11.3 Å². The van der Waals surface area contributed by atoms with Crippen LogP contribution in [0.3, 0.4) is 0 Å². The van der Waals surface area contributed by atoms with Crippen LogP contribution in [-0.4, -0.2) is 16.6 Å². The van der Waals surface area contributed by atoms with Gasteiger partial charge in [-0.1, -0.05) is 85.6 Å². The molecule has 0 bridgehead atoms. The molecule has 0 unspecified atom stereocenters. The first-order chi connectivity index (χ1) is 15.2. The molecule has 0 fully saturated rings. The molecular weight excluding hydrogens is 406 g/mol. The van der Waals surface area contributed by atoms with Crippen molar-refractivity contribution < 1.29 is 4.79 Å². The quantitative estimate of drug-likeness (QED) is 0.282. The summed E-state index contributed by atoms with van der Waals surface area (Å²) >= 11 is 6.02. The Bertz CT molecular complexity index is 1230. The summed E-state index contributed by atoms with van der Waals surface area (Å²) in [6, 6.07) is 26.7. The minimum atomic E-state index is -0.265. The molecule has 0 aliphatic rings. The molecule has 4 nitrogen and oxygen atoms in total. The molecule has 0 spiro atoms. The monoisotopic (exact) mass is 427 g/mol. The van der Waals surface area contributed by atoms with Gasteiger partial charge in [0.05, 0.1) is 22.5 Å². The van der Waals surface area contributed by atoms with E-state index in [0.717, 1.165) is 40.6 Å². The fourth-order valence-corrected chi connectivity index (χ4v) is 3.57. The SMILES string of the molecule is CCC/C(=N\NC(=O)c1cc(-c2ccc(Cl)cc2)nc2ccccc12)c1ccccc1. The van der Waals surface area contributed by atoms with E-state index < -0.39 is 0 Å². The van der Waals surface area contributed by atoms with Crippen molar-refractivity contribution in [3.05, 3.63) is 101 Å². The second kappa shape index (κ2) is 9.54. The van der Waals surface area contributed by atoms with Crippen molar-refractivity contribution >= 4 is 34.1 Å². The Hall–Kier alpha value is -3.50. The number of amides is 1. The second-order valence-electron chi connectivity index (χ2n) is 7.19. The number of aromatic nitrogens is 1. The van der Waals surface area contributed by atoms with Gasteiger partial charge in [-0.25, -0.2) is 10.4 Å². The molecule has 1 amide bonds. The van der Waals surface area contributed by atoms with Crippen LogP contribution in [0.2, 0.25) is 5.02 Å². The van der Waals surface area contributed by atoms with Crippen LogP contribution in [0.5, 0.6) is 0 Å². The molecule has 0 aliphatic heterocycles. The van der Waals surface area contributed by atoms with E-state index in [-0.39, 0.29) is 5.91 Å². The van der Waals surface area contributed by atoms with Gasteiger partial charge in [-0.05, 0) is 36.2 Å². The van der Waals surface area contributed by atoms with E-state index in [9.17, 15) is 4.79 Å².